The molecule has 0 spiro atoms. The van der Waals surface area contributed by atoms with Gasteiger partial charge >= 0.3 is 0 Å². The zero-order chi connectivity index (χ0) is 16.3. The van der Waals surface area contributed by atoms with Crippen LogP contribution in [0.1, 0.15) is 47.5 Å². The van der Waals surface area contributed by atoms with Gasteiger partial charge in [0.25, 0.3) is 0 Å². The molecule has 0 saturated carbocycles. The standard InChI is InChI=1S/C11H25N3O2S3.C2H6/c1-4-7-17-12-9-13(18-8-5-2)11-14(10-12)19(15,16)6-3;1-2/h4-11H2,1-3H3;1-2H3. The molecule has 128 valence electrons. The lowest BCUT2D eigenvalue weighted by Crippen LogP contribution is -2.52. The molecule has 0 radical (unpaired) electrons. The van der Waals surface area contributed by atoms with Crippen molar-refractivity contribution in [3.05, 3.63) is 0 Å². The minimum atomic E-state index is -3.11. The van der Waals surface area contributed by atoms with Crippen molar-refractivity contribution >= 4 is 33.9 Å². The van der Waals surface area contributed by atoms with E-state index in [9.17, 15) is 8.42 Å². The van der Waals surface area contributed by atoms with Crippen molar-refractivity contribution in [2.75, 3.05) is 37.3 Å². The lowest BCUT2D eigenvalue weighted by molar-refractivity contribution is 0.146. The fourth-order valence-electron chi connectivity index (χ4n) is 1.62. The summed E-state index contributed by atoms with van der Waals surface area (Å²) in [5.41, 5.74) is 0. The lowest BCUT2D eigenvalue weighted by Gasteiger charge is -2.39. The Balaban J connectivity index is 0.00000191. The van der Waals surface area contributed by atoms with Crippen molar-refractivity contribution in [2.45, 2.75) is 47.5 Å². The second kappa shape index (κ2) is 12.0. The van der Waals surface area contributed by atoms with Crippen LogP contribution in [0.2, 0.25) is 0 Å². The van der Waals surface area contributed by atoms with Crippen molar-refractivity contribution < 1.29 is 8.42 Å². The van der Waals surface area contributed by atoms with Gasteiger partial charge in [0.15, 0.2) is 0 Å². The summed E-state index contributed by atoms with van der Waals surface area (Å²) in [6.45, 7) is 11.8. The highest BCUT2D eigenvalue weighted by Crippen LogP contribution is 2.24. The first kappa shape index (κ1) is 21.5. The van der Waals surface area contributed by atoms with Gasteiger partial charge in [-0.1, -0.05) is 51.6 Å². The maximum atomic E-state index is 12.0. The van der Waals surface area contributed by atoms with Crippen LogP contribution in [0.3, 0.4) is 0 Å². The van der Waals surface area contributed by atoms with Crippen LogP contribution in [0.25, 0.3) is 0 Å². The van der Waals surface area contributed by atoms with Crippen molar-refractivity contribution in [3.8, 4) is 0 Å². The van der Waals surface area contributed by atoms with Gasteiger partial charge in [-0.05, 0) is 19.8 Å². The maximum absolute atomic E-state index is 12.0. The Labute approximate surface area is 140 Å². The molecular weight excluding hydrogens is 326 g/mol. The third-order valence-corrected chi connectivity index (χ3v) is 6.78. The average Bonchev–Trinajstić information content (AvgIpc) is 2.52. The first-order valence-electron chi connectivity index (χ1n) is 7.77. The van der Waals surface area contributed by atoms with Gasteiger partial charge in [-0.25, -0.2) is 17.0 Å². The van der Waals surface area contributed by atoms with E-state index in [1.807, 2.05) is 13.8 Å². The molecule has 0 amide bonds. The molecule has 0 aliphatic carbocycles. The molecule has 0 N–H and O–H groups in total. The fourth-order valence-corrected chi connectivity index (χ4v) is 4.61. The smallest absolute Gasteiger partial charge is 0.216 e. The highest BCUT2D eigenvalue weighted by molar-refractivity contribution is 7.97. The minimum Gasteiger partial charge on any atom is -0.221 e. The Morgan fingerprint density at radius 1 is 0.857 bits per heavy atom. The number of hydrogen-bond acceptors (Lipinski definition) is 6. The Bertz CT molecular complexity index is 337. The largest absolute Gasteiger partial charge is 0.221 e. The van der Waals surface area contributed by atoms with Crippen LogP contribution in [0.5, 0.6) is 0 Å². The van der Waals surface area contributed by atoms with E-state index in [0.29, 0.717) is 13.3 Å². The van der Waals surface area contributed by atoms with Gasteiger partial charge in [-0.3, -0.25) is 0 Å². The normalized spacial score (nSPS) is 18.3. The van der Waals surface area contributed by atoms with E-state index in [0.717, 1.165) is 31.0 Å². The summed E-state index contributed by atoms with van der Waals surface area (Å²) in [4.78, 5) is 0. The minimum absolute atomic E-state index is 0.172. The molecule has 0 unspecified atom stereocenters. The van der Waals surface area contributed by atoms with Gasteiger partial charge < -0.3 is 0 Å². The number of rotatable bonds is 8. The van der Waals surface area contributed by atoms with Crippen LogP contribution in [0, 0.1) is 0 Å². The summed E-state index contributed by atoms with van der Waals surface area (Å²) in [5.74, 6) is 2.24. The fraction of sp³-hybridized carbons (Fsp3) is 1.00. The van der Waals surface area contributed by atoms with E-state index in [2.05, 4.69) is 22.5 Å². The van der Waals surface area contributed by atoms with E-state index in [4.69, 9.17) is 0 Å². The molecule has 0 aromatic rings. The predicted octanol–water partition coefficient (Wildman–Crippen LogP) is 3.27. The topological polar surface area (TPSA) is 43.9 Å². The van der Waals surface area contributed by atoms with E-state index in [-0.39, 0.29) is 5.75 Å². The van der Waals surface area contributed by atoms with E-state index < -0.39 is 10.0 Å². The molecule has 1 heterocycles. The summed E-state index contributed by atoms with van der Waals surface area (Å²) in [7, 11) is -3.11. The second-order valence-corrected chi connectivity index (χ2v) is 9.03. The van der Waals surface area contributed by atoms with Crippen LogP contribution in [-0.2, 0) is 10.0 Å². The van der Waals surface area contributed by atoms with Crippen LogP contribution in [0.4, 0.5) is 0 Å². The van der Waals surface area contributed by atoms with E-state index in [1.54, 1.807) is 35.1 Å². The SMILES string of the molecule is CC.CCCSN1CN(SCCC)CN(S(=O)(=O)CC)C1. The number of sulfonamides is 1. The van der Waals surface area contributed by atoms with Gasteiger partial charge in [0.05, 0.1) is 25.8 Å². The predicted molar refractivity (Wildman–Crippen MR) is 96.4 cm³/mol. The summed E-state index contributed by atoms with van der Waals surface area (Å²) < 4.78 is 30.0. The first-order valence-corrected chi connectivity index (χ1v) is 11.3. The Hall–Kier alpha value is 0.530. The summed E-state index contributed by atoms with van der Waals surface area (Å²) >= 11 is 3.47. The molecule has 1 aliphatic heterocycles. The van der Waals surface area contributed by atoms with Gasteiger partial charge in [-0.15, -0.1) is 0 Å². The molecule has 0 atom stereocenters. The third-order valence-electron chi connectivity index (χ3n) is 2.66. The molecule has 0 aromatic heterocycles. The van der Waals surface area contributed by atoms with Gasteiger partial charge in [0.2, 0.25) is 10.0 Å². The third kappa shape index (κ3) is 8.08. The van der Waals surface area contributed by atoms with Crippen molar-refractivity contribution in [1.29, 1.82) is 0 Å². The van der Waals surface area contributed by atoms with Crippen molar-refractivity contribution in [2.24, 2.45) is 0 Å². The maximum Gasteiger partial charge on any atom is 0.216 e. The molecule has 0 bridgehead atoms. The zero-order valence-electron chi connectivity index (χ0n) is 14.0. The van der Waals surface area contributed by atoms with Crippen molar-refractivity contribution in [3.63, 3.8) is 0 Å². The highest BCUT2D eigenvalue weighted by Gasteiger charge is 2.30. The lowest BCUT2D eigenvalue weighted by atomic mass is 10.6. The highest BCUT2D eigenvalue weighted by atomic mass is 32.2. The molecular formula is C13H31N3O2S3. The molecule has 21 heavy (non-hydrogen) atoms. The van der Waals surface area contributed by atoms with E-state index >= 15 is 0 Å². The van der Waals surface area contributed by atoms with Crippen LogP contribution in [-0.4, -0.2) is 58.6 Å². The van der Waals surface area contributed by atoms with Crippen molar-refractivity contribution in [1.82, 2.24) is 12.9 Å². The second-order valence-electron chi connectivity index (χ2n) is 4.41. The van der Waals surface area contributed by atoms with Crippen LogP contribution in [0.15, 0.2) is 0 Å². The van der Waals surface area contributed by atoms with E-state index in [1.165, 1.54) is 0 Å². The monoisotopic (exact) mass is 357 g/mol. The summed E-state index contributed by atoms with van der Waals surface area (Å²) in [6.07, 6.45) is 2.20. The Kier molecular flexibility index (Phi) is 12.3. The Morgan fingerprint density at radius 2 is 1.29 bits per heavy atom. The molecule has 5 nitrogen and oxygen atoms in total. The van der Waals surface area contributed by atoms with Crippen LogP contribution >= 0.6 is 23.9 Å². The Morgan fingerprint density at radius 3 is 1.62 bits per heavy atom. The zero-order valence-corrected chi connectivity index (χ0v) is 16.5. The molecule has 8 heteroatoms. The van der Waals surface area contributed by atoms with Gasteiger partial charge in [0.1, 0.15) is 0 Å². The first-order chi connectivity index (χ1) is 10.0. The quantitative estimate of drug-likeness (QED) is 0.621. The number of hydrogen-bond donors (Lipinski definition) is 0. The number of nitrogens with zero attached hydrogens (tertiary/aromatic N) is 3. The molecule has 1 saturated heterocycles. The van der Waals surface area contributed by atoms with Crippen LogP contribution < -0.4 is 0 Å². The summed E-state index contributed by atoms with van der Waals surface area (Å²) in [6, 6.07) is 0. The summed E-state index contributed by atoms with van der Waals surface area (Å²) in [5, 5.41) is 0. The molecule has 0 aromatic carbocycles. The van der Waals surface area contributed by atoms with Gasteiger partial charge in [0, 0.05) is 11.5 Å². The molecule has 1 fully saturated rings. The van der Waals surface area contributed by atoms with Gasteiger partial charge in [-0.2, -0.15) is 4.31 Å². The molecule has 1 aliphatic rings. The molecule has 1 rings (SSSR count). The average molecular weight is 358 g/mol.